The second kappa shape index (κ2) is 7.72. The Bertz CT molecular complexity index is 505. The SMILES string of the molecule is C=C(C)C[C@H](N)c1cc(OC)c(OC)cc1[N+](=O)[O-].Cl. The van der Waals surface area contributed by atoms with Crippen molar-refractivity contribution in [2.75, 3.05) is 14.2 Å². The van der Waals surface area contributed by atoms with Gasteiger partial charge in [-0.1, -0.05) is 5.57 Å². The maximum Gasteiger partial charge on any atom is 0.278 e. The van der Waals surface area contributed by atoms with Crippen LogP contribution in [0.3, 0.4) is 0 Å². The van der Waals surface area contributed by atoms with Gasteiger partial charge in [0, 0.05) is 6.04 Å². The van der Waals surface area contributed by atoms with Gasteiger partial charge in [-0.3, -0.25) is 10.1 Å². The molecule has 0 aliphatic rings. The number of nitro benzene ring substituents is 1. The lowest BCUT2D eigenvalue weighted by Crippen LogP contribution is -2.13. The van der Waals surface area contributed by atoms with Crippen LogP contribution in [0.25, 0.3) is 0 Å². The zero-order valence-electron chi connectivity index (χ0n) is 11.7. The molecule has 2 N–H and O–H groups in total. The van der Waals surface area contributed by atoms with Crippen LogP contribution in [-0.4, -0.2) is 19.1 Å². The minimum atomic E-state index is -0.502. The Hall–Kier alpha value is -1.79. The fourth-order valence-corrected chi connectivity index (χ4v) is 1.82. The largest absolute Gasteiger partial charge is 0.493 e. The summed E-state index contributed by atoms with van der Waals surface area (Å²) in [5.41, 5.74) is 7.18. The summed E-state index contributed by atoms with van der Waals surface area (Å²) in [7, 11) is 2.90. The van der Waals surface area contributed by atoms with Crippen molar-refractivity contribution in [2.45, 2.75) is 19.4 Å². The Kier molecular flexibility index (Phi) is 7.02. The standard InChI is InChI=1S/C13H18N2O4.ClH/c1-8(2)5-10(14)9-6-12(18-3)13(19-4)7-11(9)15(16)17;/h6-7,10H,1,5,14H2,2-4H3;1H/t10-;/m0./s1. The molecule has 0 heterocycles. The zero-order valence-corrected chi connectivity index (χ0v) is 12.5. The minimum absolute atomic E-state index is 0. The number of halogens is 1. The molecule has 0 fully saturated rings. The van der Waals surface area contributed by atoms with E-state index in [4.69, 9.17) is 15.2 Å². The van der Waals surface area contributed by atoms with Gasteiger partial charge in [-0.25, -0.2) is 0 Å². The van der Waals surface area contributed by atoms with Gasteiger partial charge in [-0.15, -0.1) is 19.0 Å². The summed E-state index contributed by atoms with van der Waals surface area (Å²) in [6.07, 6.45) is 0.469. The molecule has 20 heavy (non-hydrogen) atoms. The molecule has 0 aliphatic carbocycles. The van der Waals surface area contributed by atoms with E-state index in [1.807, 2.05) is 6.92 Å². The molecule has 112 valence electrons. The fourth-order valence-electron chi connectivity index (χ4n) is 1.82. The number of ether oxygens (including phenoxy) is 2. The second-order valence-electron chi connectivity index (χ2n) is 4.29. The summed E-state index contributed by atoms with van der Waals surface area (Å²) >= 11 is 0. The monoisotopic (exact) mass is 302 g/mol. The number of rotatable bonds is 6. The average molecular weight is 303 g/mol. The average Bonchev–Trinajstić information content (AvgIpc) is 2.35. The van der Waals surface area contributed by atoms with Crippen molar-refractivity contribution in [3.8, 4) is 11.5 Å². The first kappa shape index (κ1) is 18.2. The summed E-state index contributed by atoms with van der Waals surface area (Å²) in [4.78, 5) is 10.6. The quantitative estimate of drug-likeness (QED) is 0.496. The van der Waals surface area contributed by atoms with Crippen LogP contribution in [0.1, 0.15) is 24.9 Å². The van der Waals surface area contributed by atoms with Gasteiger partial charge >= 0.3 is 0 Å². The number of nitrogens with two attached hydrogens (primary N) is 1. The van der Waals surface area contributed by atoms with Crippen molar-refractivity contribution in [3.63, 3.8) is 0 Å². The predicted molar refractivity (Wildman–Crippen MR) is 79.8 cm³/mol. The van der Waals surface area contributed by atoms with Crippen LogP contribution in [0.15, 0.2) is 24.3 Å². The smallest absolute Gasteiger partial charge is 0.278 e. The van der Waals surface area contributed by atoms with Crippen LogP contribution in [0, 0.1) is 10.1 Å². The number of nitrogens with zero attached hydrogens (tertiary/aromatic N) is 1. The van der Waals surface area contributed by atoms with Crippen molar-refractivity contribution >= 4 is 18.1 Å². The molecule has 0 saturated heterocycles. The Morgan fingerprint density at radius 3 is 2.30 bits per heavy atom. The lowest BCUT2D eigenvalue weighted by atomic mass is 9.99. The van der Waals surface area contributed by atoms with E-state index in [-0.39, 0.29) is 18.1 Å². The van der Waals surface area contributed by atoms with Crippen molar-refractivity contribution < 1.29 is 14.4 Å². The van der Waals surface area contributed by atoms with Crippen molar-refractivity contribution in [1.82, 2.24) is 0 Å². The molecular formula is C13H19ClN2O4. The van der Waals surface area contributed by atoms with Gasteiger partial charge in [0.05, 0.1) is 30.8 Å². The molecule has 1 aromatic rings. The molecular weight excluding hydrogens is 284 g/mol. The van der Waals surface area contributed by atoms with E-state index in [0.717, 1.165) is 5.57 Å². The van der Waals surface area contributed by atoms with Gasteiger partial charge in [0.2, 0.25) is 0 Å². The first-order chi connectivity index (χ1) is 8.90. The highest BCUT2D eigenvalue weighted by Gasteiger charge is 2.23. The topological polar surface area (TPSA) is 87.6 Å². The third-order valence-corrected chi connectivity index (χ3v) is 2.70. The molecule has 1 aromatic carbocycles. The molecule has 1 rings (SSSR count). The van der Waals surface area contributed by atoms with E-state index in [9.17, 15) is 10.1 Å². The zero-order chi connectivity index (χ0) is 14.6. The van der Waals surface area contributed by atoms with E-state index >= 15 is 0 Å². The summed E-state index contributed by atoms with van der Waals surface area (Å²) < 4.78 is 10.2. The number of hydrogen-bond acceptors (Lipinski definition) is 5. The number of nitro groups is 1. The molecule has 0 unspecified atom stereocenters. The molecule has 0 aliphatic heterocycles. The second-order valence-corrected chi connectivity index (χ2v) is 4.29. The number of benzene rings is 1. The third-order valence-electron chi connectivity index (χ3n) is 2.70. The molecule has 7 heteroatoms. The van der Waals surface area contributed by atoms with E-state index in [0.29, 0.717) is 23.5 Å². The normalized spacial score (nSPS) is 11.2. The van der Waals surface area contributed by atoms with Crippen LogP contribution in [0.4, 0.5) is 5.69 Å². The predicted octanol–water partition coefficient (Wildman–Crippen LogP) is 3.00. The van der Waals surface area contributed by atoms with Gasteiger partial charge < -0.3 is 15.2 Å². The summed E-state index contributed by atoms with van der Waals surface area (Å²) in [6, 6.07) is 2.37. The van der Waals surface area contributed by atoms with Crippen molar-refractivity contribution in [3.05, 3.63) is 40.0 Å². The molecule has 0 aromatic heterocycles. The molecule has 1 atom stereocenters. The highest BCUT2D eigenvalue weighted by atomic mass is 35.5. The fraction of sp³-hybridized carbons (Fsp3) is 0.385. The Balaban J connectivity index is 0.00000361. The van der Waals surface area contributed by atoms with E-state index in [1.54, 1.807) is 6.07 Å². The van der Waals surface area contributed by atoms with E-state index in [2.05, 4.69) is 6.58 Å². The maximum atomic E-state index is 11.1. The number of methoxy groups -OCH3 is 2. The lowest BCUT2D eigenvalue weighted by Gasteiger charge is -2.15. The lowest BCUT2D eigenvalue weighted by molar-refractivity contribution is -0.385. The van der Waals surface area contributed by atoms with Crippen LogP contribution < -0.4 is 15.2 Å². The molecule has 0 saturated carbocycles. The van der Waals surface area contributed by atoms with Gasteiger partial charge in [0.1, 0.15) is 0 Å². The molecule has 0 radical (unpaired) electrons. The molecule has 6 nitrogen and oxygen atoms in total. The summed E-state index contributed by atoms with van der Waals surface area (Å²) in [6.45, 7) is 5.59. The minimum Gasteiger partial charge on any atom is -0.493 e. The van der Waals surface area contributed by atoms with Crippen LogP contribution in [0.2, 0.25) is 0 Å². The van der Waals surface area contributed by atoms with Gasteiger partial charge in [-0.05, 0) is 19.4 Å². The first-order valence-electron chi connectivity index (χ1n) is 5.71. The van der Waals surface area contributed by atoms with Gasteiger partial charge in [0.25, 0.3) is 5.69 Å². The maximum absolute atomic E-state index is 11.1. The molecule has 0 bridgehead atoms. The Morgan fingerprint density at radius 2 is 1.90 bits per heavy atom. The Morgan fingerprint density at radius 1 is 1.40 bits per heavy atom. The van der Waals surface area contributed by atoms with Crippen LogP contribution in [-0.2, 0) is 0 Å². The van der Waals surface area contributed by atoms with Crippen LogP contribution >= 0.6 is 12.4 Å². The summed E-state index contributed by atoms with van der Waals surface area (Å²) in [5, 5.41) is 11.1. The highest BCUT2D eigenvalue weighted by Crippen LogP contribution is 2.37. The van der Waals surface area contributed by atoms with Gasteiger partial charge in [-0.2, -0.15) is 0 Å². The van der Waals surface area contributed by atoms with Gasteiger partial charge in [0.15, 0.2) is 11.5 Å². The third kappa shape index (κ3) is 4.11. The summed E-state index contributed by atoms with van der Waals surface area (Å²) in [5.74, 6) is 0.723. The highest BCUT2D eigenvalue weighted by molar-refractivity contribution is 5.85. The Labute approximate surface area is 124 Å². The van der Waals surface area contributed by atoms with Crippen LogP contribution in [0.5, 0.6) is 11.5 Å². The molecule has 0 spiro atoms. The number of hydrogen-bond donors (Lipinski definition) is 1. The molecule has 0 amide bonds. The van der Waals surface area contributed by atoms with Crippen molar-refractivity contribution in [2.24, 2.45) is 5.73 Å². The van der Waals surface area contributed by atoms with E-state index < -0.39 is 11.0 Å². The van der Waals surface area contributed by atoms with Crippen molar-refractivity contribution in [1.29, 1.82) is 0 Å². The van der Waals surface area contributed by atoms with E-state index in [1.165, 1.54) is 20.3 Å². The first-order valence-corrected chi connectivity index (χ1v) is 5.71.